The molecule has 110 valence electrons. The van der Waals surface area contributed by atoms with Crippen molar-refractivity contribution in [3.05, 3.63) is 28.7 Å². The Hall–Kier alpha value is -1.07. The number of esters is 1. The Balaban J connectivity index is 2.23. The summed E-state index contributed by atoms with van der Waals surface area (Å²) in [6.07, 6.45) is 0.754. The molecule has 1 saturated heterocycles. The molecule has 0 aliphatic carbocycles. The van der Waals surface area contributed by atoms with Gasteiger partial charge in [-0.2, -0.15) is 0 Å². The lowest BCUT2D eigenvalue weighted by Gasteiger charge is -2.30. The number of benzene rings is 1. The standard InChI is InChI=1S/C15H21BrN2O2/c1-11(2)18-8-7-15(10-18,14(19)20-3)17-13-6-4-5-12(16)9-13/h4-6,9,11,17H,7-8,10H2,1-3H3. The highest BCUT2D eigenvalue weighted by Gasteiger charge is 2.46. The Morgan fingerprint density at radius 3 is 2.80 bits per heavy atom. The Morgan fingerprint density at radius 1 is 1.50 bits per heavy atom. The first kappa shape index (κ1) is 15.3. The van der Waals surface area contributed by atoms with E-state index in [2.05, 4.69) is 40.0 Å². The van der Waals surface area contributed by atoms with Gasteiger partial charge in [0, 0.05) is 29.3 Å². The van der Waals surface area contributed by atoms with Crippen LogP contribution in [0.5, 0.6) is 0 Å². The zero-order chi connectivity index (χ0) is 14.8. The third-order valence-corrected chi connectivity index (χ3v) is 4.31. The number of nitrogens with one attached hydrogen (secondary N) is 1. The van der Waals surface area contributed by atoms with Gasteiger partial charge in [-0.15, -0.1) is 0 Å². The molecule has 1 aliphatic rings. The van der Waals surface area contributed by atoms with E-state index < -0.39 is 5.54 Å². The molecule has 1 fully saturated rings. The van der Waals surface area contributed by atoms with Gasteiger partial charge in [0.2, 0.25) is 0 Å². The first-order valence-corrected chi connectivity index (χ1v) is 7.62. The summed E-state index contributed by atoms with van der Waals surface area (Å²) < 4.78 is 6.02. The van der Waals surface area contributed by atoms with Crippen LogP contribution in [0.4, 0.5) is 5.69 Å². The van der Waals surface area contributed by atoms with Gasteiger partial charge in [0.1, 0.15) is 5.54 Å². The van der Waals surface area contributed by atoms with Crippen LogP contribution in [0.1, 0.15) is 20.3 Å². The number of carbonyl (C=O) groups excluding carboxylic acids is 1. The van der Waals surface area contributed by atoms with Crippen LogP contribution >= 0.6 is 15.9 Å². The number of nitrogens with zero attached hydrogens (tertiary/aromatic N) is 1. The molecule has 0 bridgehead atoms. The second-order valence-corrected chi connectivity index (χ2v) is 6.44. The van der Waals surface area contributed by atoms with Gasteiger partial charge in [0.15, 0.2) is 0 Å². The minimum atomic E-state index is -0.653. The maximum Gasteiger partial charge on any atom is 0.332 e. The SMILES string of the molecule is COC(=O)C1(Nc2cccc(Br)c2)CCN(C(C)C)C1. The number of halogens is 1. The van der Waals surface area contributed by atoms with Crippen molar-refractivity contribution >= 4 is 27.6 Å². The fourth-order valence-electron chi connectivity index (χ4n) is 2.64. The summed E-state index contributed by atoms with van der Waals surface area (Å²) in [4.78, 5) is 14.6. The Kier molecular flexibility index (Phi) is 4.70. The van der Waals surface area contributed by atoms with Crippen LogP contribution < -0.4 is 5.32 Å². The molecule has 5 heteroatoms. The van der Waals surface area contributed by atoms with Crippen molar-refractivity contribution in [3.8, 4) is 0 Å². The van der Waals surface area contributed by atoms with Crippen LogP contribution in [0.25, 0.3) is 0 Å². The van der Waals surface area contributed by atoms with Gasteiger partial charge in [-0.05, 0) is 38.5 Å². The molecular formula is C15H21BrN2O2. The average molecular weight is 341 g/mol. The van der Waals surface area contributed by atoms with Gasteiger partial charge in [0.25, 0.3) is 0 Å². The van der Waals surface area contributed by atoms with Crippen molar-refractivity contribution < 1.29 is 9.53 Å². The molecule has 1 unspecified atom stereocenters. The lowest BCUT2D eigenvalue weighted by Crippen LogP contribution is -2.50. The van der Waals surface area contributed by atoms with Crippen LogP contribution in [0.2, 0.25) is 0 Å². The maximum atomic E-state index is 12.3. The lowest BCUT2D eigenvalue weighted by atomic mass is 9.98. The van der Waals surface area contributed by atoms with E-state index in [9.17, 15) is 4.79 Å². The summed E-state index contributed by atoms with van der Waals surface area (Å²) in [6.45, 7) is 5.86. The molecule has 20 heavy (non-hydrogen) atoms. The highest BCUT2D eigenvalue weighted by molar-refractivity contribution is 9.10. The molecule has 0 aromatic heterocycles. The largest absolute Gasteiger partial charge is 0.467 e. The summed E-state index contributed by atoms with van der Waals surface area (Å²) >= 11 is 3.45. The summed E-state index contributed by atoms with van der Waals surface area (Å²) in [5.74, 6) is -0.194. The molecule has 4 nitrogen and oxygen atoms in total. The van der Waals surface area contributed by atoms with Crippen molar-refractivity contribution in [3.63, 3.8) is 0 Å². The van der Waals surface area contributed by atoms with E-state index in [1.807, 2.05) is 24.3 Å². The zero-order valence-electron chi connectivity index (χ0n) is 12.1. The second kappa shape index (κ2) is 6.14. The quantitative estimate of drug-likeness (QED) is 0.855. The topological polar surface area (TPSA) is 41.6 Å². The number of hydrogen-bond donors (Lipinski definition) is 1. The number of ether oxygens (including phenoxy) is 1. The minimum absolute atomic E-state index is 0.194. The predicted octanol–water partition coefficient (Wildman–Crippen LogP) is 2.89. The average Bonchev–Trinajstić information content (AvgIpc) is 2.83. The predicted molar refractivity (Wildman–Crippen MR) is 83.8 cm³/mol. The van der Waals surface area contributed by atoms with E-state index in [4.69, 9.17) is 4.74 Å². The van der Waals surface area contributed by atoms with Crippen molar-refractivity contribution in [2.45, 2.75) is 31.8 Å². The van der Waals surface area contributed by atoms with Gasteiger partial charge in [-0.1, -0.05) is 22.0 Å². The maximum absolute atomic E-state index is 12.3. The minimum Gasteiger partial charge on any atom is -0.467 e. The smallest absolute Gasteiger partial charge is 0.332 e. The first-order chi connectivity index (χ1) is 9.47. The molecule has 1 aliphatic heterocycles. The third kappa shape index (κ3) is 3.15. The summed E-state index contributed by atoms with van der Waals surface area (Å²) in [6, 6.07) is 8.28. The first-order valence-electron chi connectivity index (χ1n) is 6.83. The molecule has 1 atom stereocenters. The zero-order valence-corrected chi connectivity index (χ0v) is 13.7. The third-order valence-electron chi connectivity index (χ3n) is 3.81. The number of carbonyl (C=O) groups is 1. The van der Waals surface area contributed by atoms with Crippen molar-refractivity contribution in [1.82, 2.24) is 4.90 Å². The summed E-state index contributed by atoms with van der Waals surface area (Å²) in [7, 11) is 1.45. The molecule has 0 saturated carbocycles. The number of rotatable bonds is 4. The molecule has 0 spiro atoms. The van der Waals surface area contributed by atoms with Crippen molar-refractivity contribution in [2.75, 3.05) is 25.5 Å². The number of hydrogen-bond acceptors (Lipinski definition) is 4. The molecule has 1 aromatic carbocycles. The van der Waals surface area contributed by atoms with Crippen LogP contribution in [0.3, 0.4) is 0 Å². The Bertz CT molecular complexity index is 493. The molecule has 0 amide bonds. The molecule has 1 aromatic rings. The molecular weight excluding hydrogens is 320 g/mol. The molecule has 1 heterocycles. The van der Waals surface area contributed by atoms with E-state index in [0.717, 1.165) is 23.1 Å². The van der Waals surface area contributed by atoms with Crippen molar-refractivity contribution in [1.29, 1.82) is 0 Å². The van der Waals surface area contributed by atoms with E-state index in [0.29, 0.717) is 12.6 Å². The summed E-state index contributed by atoms with van der Waals surface area (Å²) in [5, 5.41) is 3.38. The van der Waals surface area contributed by atoms with E-state index >= 15 is 0 Å². The van der Waals surface area contributed by atoms with E-state index in [-0.39, 0.29) is 5.97 Å². The fourth-order valence-corrected chi connectivity index (χ4v) is 3.04. The molecule has 2 rings (SSSR count). The second-order valence-electron chi connectivity index (χ2n) is 5.52. The van der Waals surface area contributed by atoms with Gasteiger partial charge >= 0.3 is 5.97 Å². The number of likely N-dealkylation sites (tertiary alicyclic amines) is 1. The van der Waals surface area contributed by atoms with Crippen LogP contribution in [-0.4, -0.2) is 42.6 Å². The molecule has 1 N–H and O–H groups in total. The fraction of sp³-hybridized carbons (Fsp3) is 0.533. The van der Waals surface area contributed by atoms with Gasteiger partial charge < -0.3 is 10.1 Å². The van der Waals surface area contributed by atoms with Gasteiger partial charge in [0.05, 0.1) is 7.11 Å². The van der Waals surface area contributed by atoms with E-state index in [1.165, 1.54) is 7.11 Å². The van der Waals surface area contributed by atoms with E-state index in [1.54, 1.807) is 0 Å². The Labute approximate surface area is 128 Å². The number of methoxy groups -OCH3 is 1. The van der Waals surface area contributed by atoms with Crippen molar-refractivity contribution in [2.24, 2.45) is 0 Å². The highest BCUT2D eigenvalue weighted by Crippen LogP contribution is 2.29. The molecule has 0 radical (unpaired) electrons. The normalized spacial score (nSPS) is 23.1. The Morgan fingerprint density at radius 2 is 2.25 bits per heavy atom. The van der Waals surface area contributed by atoms with Crippen LogP contribution in [0.15, 0.2) is 28.7 Å². The summed E-state index contributed by atoms with van der Waals surface area (Å²) in [5.41, 5.74) is 0.273. The number of anilines is 1. The van der Waals surface area contributed by atoms with Crippen LogP contribution in [0, 0.1) is 0 Å². The van der Waals surface area contributed by atoms with Gasteiger partial charge in [-0.3, -0.25) is 4.90 Å². The lowest BCUT2D eigenvalue weighted by molar-refractivity contribution is -0.145. The van der Waals surface area contributed by atoms with Gasteiger partial charge in [-0.25, -0.2) is 4.79 Å². The highest BCUT2D eigenvalue weighted by atomic mass is 79.9. The monoisotopic (exact) mass is 340 g/mol. The van der Waals surface area contributed by atoms with Crippen LogP contribution in [-0.2, 0) is 9.53 Å².